The predicted octanol–water partition coefficient (Wildman–Crippen LogP) is 1.24. The molecule has 2 N–H and O–H groups in total. The van der Waals surface area contributed by atoms with Gasteiger partial charge in [0.2, 0.25) is 0 Å². The van der Waals surface area contributed by atoms with Crippen molar-refractivity contribution < 1.29 is 4.79 Å². The monoisotopic (exact) mass is 217 g/mol. The van der Waals surface area contributed by atoms with Gasteiger partial charge in [-0.25, -0.2) is 0 Å². The van der Waals surface area contributed by atoms with Crippen LogP contribution in [0, 0.1) is 13.8 Å². The highest BCUT2D eigenvalue weighted by atomic mass is 16.2. The van der Waals surface area contributed by atoms with E-state index in [1.165, 1.54) is 0 Å². The predicted molar refractivity (Wildman–Crippen MR) is 64.9 cm³/mol. The lowest BCUT2D eigenvalue weighted by Crippen LogP contribution is -2.32. The van der Waals surface area contributed by atoms with Crippen molar-refractivity contribution >= 4 is 17.4 Å². The van der Waals surface area contributed by atoms with Crippen molar-refractivity contribution in [2.24, 2.45) is 4.99 Å². The third-order valence-electron chi connectivity index (χ3n) is 2.61. The molecule has 1 amide bonds. The highest BCUT2D eigenvalue weighted by Crippen LogP contribution is 2.19. The number of aryl methyl sites for hydroxylation is 2. The van der Waals surface area contributed by atoms with E-state index in [1.807, 2.05) is 32.0 Å². The van der Waals surface area contributed by atoms with E-state index in [-0.39, 0.29) is 5.91 Å². The molecule has 84 valence electrons. The van der Waals surface area contributed by atoms with Crippen molar-refractivity contribution in [3.05, 3.63) is 29.3 Å². The van der Waals surface area contributed by atoms with Crippen LogP contribution in [0.1, 0.15) is 11.1 Å². The molecule has 0 unspecified atom stereocenters. The molecule has 0 aliphatic carbocycles. The topological polar surface area (TPSA) is 53.5 Å². The van der Waals surface area contributed by atoms with Gasteiger partial charge in [-0.1, -0.05) is 18.2 Å². The van der Waals surface area contributed by atoms with E-state index in [0.29, 0.717) is 12.4 Å². The van der Waals surface area contributed by atoms with Gasteiger partial charge in [-0.2, -0.15) is 0 Å². The Labute approximate surface area is 94.8 Å². The molecule has 1 aromatic carbocycles. The second kappa shape index (κ2) is 4.35. The molecule has 0 radical (unpaired) electrons. The van der Waals surface area contributed by atoms with Crippen LogP contribution in [0.15, 0.2) is 23.2 Å². The van der Waals surface area contributed by atoms with Gasteiger partial charge in [-0.15, -0.1) is 0 Å². The van der Waals surface area contributed by atoms with Gasteiger partial charge >= 0.3 is 0 Å². The minimum absolute atomic E-state index is 0.157. The molecule has 1 aromatic rings. The Balaban J connectivity index is 2.17. The van der Waals surface area contributed by atoms with Crippen LogP contribution in [0.4, 0.5) is 5.69 Å². The Morgan fingerprint density at radius 2 is 2.06 bits per heavy atom. The molecule has 1 heterocycles. The molecule has 0 saturated carbocycles. The molecule has 1 aliphatic rings. The van der Waals surface area contributed by atoms with E-state index >= 15 is 0 Å². The van der Waals surface area contributed by atoms with E-state index in [0.717, 1.165) is 23.4 Å². The Kier molecular flexibility index (Phi) is 2.90. The molecule has 1 aliphatic heterocycles. The van der Waals surface area contributed by atoms with Crippen LogP contribution in [0.2, 0.25) is 0 Å². The number of carbonyl (C=O) groups is 1. The van der Waals surface area contributed by atoms with Gasteiger partial charge in [-0.05, 0) is 25.0 Å². The summed E-state index contributed by atoms with van der Waals surface area (Å²) in [4.78, 5) is 15.9. The molecule has 0 saturated heterocycles. The van der Waals surface area contributed by atoms with Crippen molar-refractivity contribution in [2.45, 2.75) is 13.8 Å². The molecule has 0 fully saturated rings. The SMILES string of the molecule is Cc1cccc(C)c1NC(=O)C1=NCCN1. The van der Waals surface area contributed by atoms with Gasteiger partial charge in [0.25, 0.3) is 5.91 Å². The van der Waals surface area contributed by atoms with Crippen molar-refractivity contribution in [3.8, 4) is 0 Å². The summed E-state index contributed by atoms with van der Waals surface area (Å²) in [6, 6.07) is 5.94. The van der Waals surface area contributed by atoms with Crippen LogP contribution in [-0.4, -0.2) is 24.8 Å². The Morgan fingerprint density at radius 1 is 1.38 bits per heavy atom. The van der Waals surface area contributed by atoms with E-state index in [9.17, 15) is 4.79 Å². The Hall–Kier alpha value is -1.84. The molecule has 4 heteroatoms. The first-order valence-electron chi connectivity index (χ1n) is 5.34. The minimum Gasteiger partial charge on any atom is -0.364 e. The third-order valence-corrected chi connectivity index (χ3v) is 2.61. The lowest BCUT2D eigenvalue weighted by atomic mass is 10.1. The Bertz CT molecular complexity index is 431. The number of nitrogens with one attached hydrogen (secondary N) is 2. The fourth-order valence-corrected chi connectivity index (χ4v) is 1.73. The number of para-hydroxylation sites is 1. The van der Waals surface area contributed by atoms with Crippen molar-refractivity contribution in [2.75, 3.05) is 18.4 Å². The Morgan fingerprint density at radius 3 is 2.62 bits per heavy atom. The van der Waals surface area contributed by atoms with Crippen LogP contribution in [0.5, 0.6) is 0 Å². The van der Waals surface area contributed by atoms with E-state index < -0.39 is 0 Å². The molecule has 0 bridgehead atoms. The number of hydrogen-bond donors (Lipinski definition) is 2. The molecule has 0 atom stereocenters. The lowest BCUT2D eigenvalue weighted by molar-refractivity contribution is -0.110. The normalized spacial score (nSPS) is 14.2. The molecule has 4 nitrogen and oxygen atoms in total. The molecule has 2 rings (SSSR count). The van der Waals surface area contributed by atoms with Crippen molar-refractivity contribution in [3.63, 3.8) is 0 Å². The number of hydrogen-bond acceptors (Lipinski definition) is 3. The summed E-state index contributed by atoms with van der Waals surface area (Å²) in [5.41, 5.74) is 3.00. The summed E-state index contributed by atoms with van der Waals surface area (Å²) >= 11 is 0. The number of rotatable bonds is 2. The van der Waals surface area contributed by atoms with Gasteiger partial charge < -0.3 is 10.6 Å². The number of nitrogens with zero attached hydrogens (tertiary/aromatic N) is 1. The minimum atomic E-state index is -0.157. The first kappa shape index (κ1) is 10.7. The number of benzene rings is 1. The summed E-state index contributed by atoms with van der Waals surface area (Å²) in [6.45, 7) is 5.38. The highest BCUT2D eigenvalue weighted by Gasteiger charge is 2.15. The van der Waals surface area contributed by atoms with Crippen LogP contribution in [0.3, 0.4) is 0 Å². The zero-order chi connectivity index (χ0) is 11.5. The zero-order valence-corrected chi connectivity index (χ0v) is 9.50. The standard InChI is InChI=1S/C12H15N3O/c1-8-4-3-5-9(2)10(8)15-12(16)11-13-6-7-14-11/h3-5H,6-7H2,1-2H3,(H,13,14)(H,15,16). The average Bonchev–Trinajstić information content (AvgIpc) is 2.76. The van der Waals surface area contributed by atoms with Gasteiger partial charge in [-0.3, -0.25) is 9.79 Å². The van der Waals surface area contributed by atoms with Gasteiger partial charge in [0.1, 0.15) is 0 Å². The summed E-state index contributed by atoms with van der Waals surface area (Å²) in [6.07, 6.45) is 0. The van der Waals surface area contributed by atoms with E-state index in [1.54, 1.807) is 0 Å². The second-order valence-corrected chi connectivity index (χ2v) is 3.88. The zero-order valence-electron chi connectivity index (χ0n) is 9.50. The largest absolute Gasteiger partial charge is 0.364 e. The van der Waals surface area contributed by atoms with E-state index in [4.69, 9.17) is 0 Å². The first-order valence-corrected chi connectivity index (χ1v) is 5.34. The maximum atomic E-state index is 11.8. The van der Waals surface area contributed by atoms with E-state index in [2.05, 4.69) is 15.6 Å². The van der Waals surface area contributed by atoms with Crippen LogP contribution in [0.25, 0.3) is 0 Å². The van der Waals surface area contributed by atoms with Gasteiger partial charge in [0.15, 0.2) is 5.84 Å². The molecule has 0 aromatic heterocycles. The van der Waals surface area contributed by atoms with Crippen molar-refractivity contribution in [1.29, 1.82) is 0 Å². The van der Waals surface area contributed by atoms with Crippen LogP contribution >= 0.6 is 0 Å². The third kappa shape index (κ3) is 2.05. The number of anilines is 1. The summed E-state index contributed by atoms with van der Waals surface area (Å²) in [5.74, 6) is 0.276. The average molecular weight is 217 g/mol. The maximum absolute atomic E-state index is 11.8. The molecule has 16 heavy (non-hydrogen) atoms. The number of carbonyl (C=O) groups excluding carboxylic acids is 1. The highest BCUT2D eigenvalue weighted by molar-refractivity contribution is 6.42. The van der Waals surface area contributed by atoms with Gasteiger partial charge in [0, 0.05) is 12.2 Å². The number of aliphatic imine (C=N–C) groups is 1. The summed E-state index contributed by atoms with van der Waals surface area (Å²) in [5, 5.41) is 5.84. The number of amides is 1. The summed E-state index contributed by atoms with van der Waals surface area (Å²) < 4.78 is 0. The summed E-state index contributed by atoms with van der Waals surface area (Å²) in [7, 11) is 0. The van der Waals surface area contributed by atoms with Crippen LogP contribution in [-0.2, 0) is 4.79 Å². The van der Waals surface area contributed by atoms with Crippen LogP contribution < -0.4 is 10.6 Å². The fourth-order valence-electron chi connectivity index (χ4n) is 1.73. The quantitative estimate of drug-likeness (QED) is 0.783. The first-order chi connectivity index (χ1) is 7.68. The van der Waals surface area contributed by atoms with Gasteiger partial charge in [0.05, 0.1) is 6.54 Å². The molecule has 0 spiro atoms. The lowest BCUT2D eigenvalue weighted by Gasteiger charge is -2.11. The molecular formula is C12H15N3O. The fraction of sp³-hybridized carbons (Fsp3) is 0.333. The second-order valence-electron chi connectivity index (χ2n) is 3.88. The van der Waals surface area contributed by atoms with Crippen molar-refractivity contribution in [1.82, 2.24) is 5.32 Å². The molecular weight excluding hydrogens is 202 g/mol. The number of amidine groups is 1. The smallest absolute Gasteiger partial charge is 0.290 e. The maximum Gasteiger partial charge on any atom is 0.290 e.